The number of benzene rings is 1. The molecule has 0 saturated carbocycles. The highest BCUT2D eigenvalue weighted by Gasteiger charge is 2.25. The van der Waals surface area contributed by atoms with E-state index < -0.39 is 22.9 Å². The number of carbonyl (C=O) groups excluding carboxylic acids is 2. The van der Waals surface area contributed by atoms with E-state index in [1.165, 1.54) is 17.8 Å². The first-order valence-corrected chi connectivity index (χ1v) is 7.30. The SMILES string of the molecule is CCC(OC(=O)c1cc([N+](=O)[O-])cn1C)C(=O)Nc1ccccc1. The monoisotopic (exact) mass is 331 g/mol. The van der Waals surface area contributed by atoms with Crippen molar-refractivity contribution in [2.75, 3.05) is 5.32 Å². The molecule has 0 bridgehead atoms. The van der Waals surface area contributed by atoms with Crippen LogP contribution >= 0.6 is 0 Å². The molecule has 0 fully saturated rings. The molecule has 1 aromatic heterocycles. The predicted molar refractivity (Wildman–Crippen MR) is 86.6 cm³/mol. The number of rotatable bonds is 6. The second-order valence-corrected chi connectivity index (χ2v) is 5.11. The summed E-state index contributed by atoms with van der Waals surface area (Å²) in [6.07, 6.45) is 0.491. The van der Waals surface area contributed by atoms with E-state index in [9.17, 15) is 19.7 Å². The molecule has 0 radical (unpaired) electrons. The summed E-state index contributed by atoms with van der Waals surface area (Å²) in [5.41, 5.74) is 0.380. The summed E-state index contributed by atoms with van der Waals surface area (Å²) in [5.74, 6) is -1.25. The molecule has 0 aliphatic carbocycles. The van der Waals surface area contributed by atoms with Gasteiger partial charge in [-0.05, 0) is 18.6 Å². The van der Waals surface area contributed by atoms with E-state index in [1.807, 2.05) is 6.07 Å². The molecule has 0 aliphatic rings. The number of nitro groups is 1. The zero-order chi connectivity index (χ0) is 17.7. The van der Waals surface area contributed by atoms with Crippen molar-refractivity contribution in [3.8, 4) is 0 Å². The zero-order valence-corrected chi connectivity index (χ0v) is 13.3. The maximum atomic E-state index is 12.2. The number of ether oxygens (including phenoxy) is 1. The molecule has 8 heteroatoms. The van der Waals surface area contributed by atoms with Gasteiger partial charge >= 0.3 is 5.97 Å². The zero-order valence-electron chi connectivity index (χ0n) is 13.3. The van der Waals surface area contributed by atoms with Gasteiger partial charge in [0, 0.05) is 18.8 Å². The first kappa shape index (κ1) is 17.2. The Morgan fingerprint density at radius 3 is 2.54 bits per heavy atom. The highest BCUT2D eigenvalue weighted by Crippen LogP contribution is 2.17. The lowest BCUT2D eigenvalue weighted by atomic mass is 10.2. The number of hydrogen-bond donors (Lipinski definition) is 1. The van der Waals surface area contributed by atoms with Gasteiger partial charge in [0.15, 0.2) is 6.10 Å². The summed E-state index contributed by atoms with van der Waals surface area (Å²) in [6.45, 7) is 1.70. The van der Waals surface area contributed by atoms with Crippen molar-refractivity contribution >= 4 is 23.3 Å². The van der Waals surface area contributed by atoms with E-state index in [0.717, 1.165) is 6.07 Å². The van der Waals surface area contributed by atoms with Crippen LogP contribution in [0.5, 0.6) is 0 Å². The predicted octanol–water partition coefficient (Wildman–Crippen LogP) is 2.51. The van der Waals surface area contributed by atoms with Crippen molar-refractivity contribution in [2.24, 2.45) is 7.05 Å². The molecule has 1 aromatic carbocycles. The van der Waals surface area contributed by atoms with E-state index in [2.05, 4.69) is 5.32 Å². The van der Waals surface area contributed by atoms with Crippen molar-refractivity contribution in [3.63, 3.8) is 0 Å². The van der Waals surface area contributed by atoms with Crippen molar-refractivity contribution in [3.05, 3.63) is 58.4 Å². The van der Waals surface area contributed by atoms with Gasteiger partial charge in [-0.15, -0.1) is 0 Å². The number of amides is 1. The summed E-state index contributed by atoms with van der Waals surface area (Å²) >= 11 is 0. The molecule has 0 aliphatic heterocycles. The molecule has 0 spiro atoms. The topological polar surface area (TPSA) is 103 Å². The lowest BCUT2D eigenvalue weighted by molar-refractivity contribution is -0.384. The minimum Gasteiger partial charge on any atom is -0.448 e. The molecule has 1 atom stereocenters. The van der Waals surface area contributed by atoms with Gasteiger partial charge in [0.25, 0.3) is 11.6 Å². The smallest absolute Gasteiger partial charge is 0.355 e. The van der Waals surface area contributed by atoms with Gasteiger partial charge in [-0.2, -0.15) is 0 Å². The van der Waals surface area contributed by atoms with E-state index in [0.29, 0.717) is 5.69 Å². The fourth-order valence-electron chi connectivity index (χ4n) is 2.11. The number of esters is 1. The number of hydrogen-bond acceptors (Lipinski definition) is 5. The van der Waals surface area contributed by atoms with E-state index in [1.54, 1.807) is 31.2 Å². The van der Waals surface area contributed by atoms with E-state index in [4.69, 9.17) is 4.74 Å². The first-order valence-electron chi connectivity index (χ1n) is 7.30. The Labute approximate surface area is 138 Å². The molecular formula is C16H17N3O5. The number of aromatic nitrogens is 1. The third-order valence-electron chi connectivity index (χ3n) is 3.36. The Kier molecular flexibility index (Phi) is 5.31. The van der Waals surface area contributed by atoms with Crippen LogP contribution in [0.25, 0.3) is 0 Å². The van der Waals surface area contributed by atoms with Gasteiger partial charge in [-0.1, -0.05) is 25.1 Å². The molecule has 126 valence electrons. The summed E-state index contributed by atoms with van der Waals surface area (Å²) in [6, 6.07) is 9.90. The standard InChI is InChI=1S/C16H17N3O5/c1-3-14(15(20)17-11-7-5-4-6-8-11)24-16(21)13-9-12(19(22)23)10-18(13)2/h4-10,14H,3H2,1-2H3,(H,17,20). The quantitative estimate of drug-likeness (QED) is 0.497. The molecule has 1 heterocycles. The number of anilines is 1. The Balaban J connectivity index is 2.08. The first-order chi connectivity index (χ1) is 11.4. The van der Waals surface area contributed by atoms with Gasteiger partial charge in [-0.25, -0.2) is 4.79 Å². The fraction of sp³-hybridized carbons (Fsp3) is 0.250. The van der Waals surface area contributed by atoms with Crippen LogP contribution in [-0.2, 0) is 16.6 Å². The van der Waals surface area contributed by atoms with Gasteiger partial charge in [0.2, 0.25) is 0 Å². The number of nitrogens with zero attached hydrogens (tertiary/aromatic N) is 2. The molecular weight excluding hydrogens is 314 g/mol. The maximum absolute atomic E-state index is 12.2. The third kappa shape index (κ3) is 3.97. The summed E-state index contributed by atoms with van der Waals surface area (Å²) in [7, 11) is 1.49. The van der Waals surface area contributed by atoms with E-state index in [-0.39, 0.29) is 17.8 Å². The van der Waals surface area contributed by atoms with Crippen molar-refractivity contribution in [2.45, 2.75) is 19.4 Å². The van der Waals surface area contributed by atoms with Crippen molar-refractivity contribution in [1.29, 1.82) is 0 Å². The van der Waals surface area contributed by atoms with E-state index >= 15 is 0 Å². The Morgan fingerprint density at radius 2 is 2.00 bits per heavy atom. The van der Waals surface area contributed by atoms with Crippen LogP contribution in [0.1, 0.15) is 23.8 Å². The number of nitrogens with one attached hydrogen (secondary N) is 1. The molecule has 1 unspecified atom stereocenters. The van der Waals surface area contributed by atoms with Gasteiger partial charge in [0.1, 0.15) is 5.69 Å². The molecule has 0 saturated heterocycles. The summed E-state index contributed by atoms with van der Waals surface area (Å²) in [5, 5.41) is 13.4. The van der Waals surface area contributed by atoms with Crippen molar-refractivity contribution in [1.82, 2.24) is 4.57 Å². The minimum absolute atomic E-state index is 0.00709. The molecule has 2 aromatic rings. The minimum atomic E-state index is -0.994. The molecule has 1 N–H and O–H groups in total. The average molecular weight is 331 g/mol. The van der Waals surface area contributed by atoms with Crippen LogP contribution in [0.3, 0.4) is 0 Å². The van der Waals surface area contributed by atoms with Gasteiger partial charge < -0.3 is 14.6 Å². The van der Waals surface area contributed by atoms with Crippen LogP contribution in [0, 0.1) is 10.1 Å². The average Bonchev–Trinajstić information content (AvgIpc) is 2.95. The Bertz CT molecular complexity index is 754. The van der Waals surface area contributed by atoms with Crippen LogP contribution in [-0.4, -0.2) is 27.5 Å². The third-order valence-corrected chi connectivity index (χ3v) is 3.36. The van der Waals surface area contributed by atoms with Gasteiger partial charge in [0.05, 0.1) is 11.1 Å². The normalized spacial score (nSPS) is 11.6. The van der Waals surface area contributed by atoms with Crippen molar-refractivity contribution < 1.29 is 19.2 Å². The lowest BCUT2D eigenvalue weighted by Gasteiger charge is -2.16. The number of carbonyl (C=O) groups is 2. The lowest BCUT2D eigenvalue weighted by Crippen LogP contribution is -2.32. The highest BCUT2D eigenvalue weighted by molar-refractivity contribution is 5.97. The maximum Gasteiger partial charge on any atom is 0.355 e. The molecule has 1 amide bonds. The molecule has 8 nitrogen and oxygen atoms in total. The number of para-hydroxylation sites is 1. The summed E-state index contributed by atoms with van der Waals surface area (Å²) < 4.78 is 6.49. The Hall–Kier alpha value is -3.16. The number of aryl methyl sites for hydroxylation is 1. The van der Waals surface area contributed by atoms with Gasteiger partial charge in [-0.3, -0.25) is 14.9 Å². The fourth-order valence-corrected chi connectivity index (χ4v) is 2.11. The second kappa shape index (κ2) is 7.40. The van der Waals surface area contributed by atoms with Crippen LogP contribution in [0.4, 0.5) is 11.4 Å². The highest BCUT2D eigenvalue weighted by atomic mass is 16.6. The van der Waals surface area contributed by atoms with Crippen LogP contribution < -0.4 is 5.32 Å². The van der Waals surface area contributed by atoms with Crippen LogP contribution in [0.15, 0.2) is 42.6 Å². The van der Waals surface area contributed by atoms with Crippen LogP contribution in [0.2, 0.25) is 0 Å². The molecule has 2 rings (SSSR count). The second-order valence-electron chi connectivity index (χ2n) is 5.11. The molecule has 24 heavy (non-hydrogen) atoms. The summed E-state index contributed by atoms with van der Waals surface area (Å²) in [4.78, 5) is 34.5. The Morgan fingerprint density at radius 1 is 1.33 bits per heavy atom. The largest absolute Gasteiger partial charge is 0.448 e.